The van der Waals surface area contributed by atoms with Crippen LogP contribution < -0.4 is 16.4 Å². The number of carbonyl (C=O) groups excluding carboxylic acids is 3. The van der Waals surface area contributed by atoms with Gasteiger partial charge in [-0.25, -0.2) is 4.79 Å². The van der Waals surface area contributed by atoms with Crippen LogP contribution in [-0.4, -0.2) is 76.1 Å². The fraction of sp³-hybridized carbons (Fsp3) is 0.800. The van der Waals surface area contributed by atoms with E-state index in [4.69, 9.17) is 10.8 Å². The lowest BCUT2D eigenvalue weighted by atomic mass is 9.96. The second-order valence-corrected chi connectivity index (χ2v) is 8.38. The van der Waals surface area contributed by atoms with Crippen LogP contribution in [0.5, 0.6) is 0 Å². The standard InChI is InChI=1S/C20H36N4O6/c1-5-12(4)16(18(27)22-14(20(29)30)9-11(2)3)23-17(26)15-7-6-8-24(15)19(28)13(21)10-25/h11-16,25H,5-10,21H2,1-4H3,(H,22,27)(H,23,26)(H,29,30). The van der Waals surface area contributed by atoms with Crippen LogP contribution >= 0.6 is 0 Å². The molecule has 0 aromatic carbocycles. The Balaban J connectivity index is 2.93. The van der Waals surface area contributed by atoms with Crippen LogP contribution in [0.2, 0.25) is 0 Å². The number of hydrogen-bond donors (Lipinski definition) is 5. The van der Waals surface area contributed by atoms with Gasteiger partial charge in [0, 0.05) is 6.54 Å². The van der Waals surface area contributed by atoms with Gasteiger partial charge < -0.3 is 31.5 Å². The average molecular weight is 429 g/mol. The number of hydrogen-bond acceptors (Lipinski definition) is 6. The molecule has 10 heteroatoms. The molecule has 0 aromatic rings. The van der Waals surface area contributed by atoms with Crippen molar-refractivity contribution in [2.24, 2.45) is 17.6 Å². The summed E-state index contributed by atoms with van der Waals surface area (Å²) in [5.41, 5.74) is 5.61. The third-order valence-electron chi connectivity index (χ3n) is 5.47. The maximum Gasteiger partial charge on any atom is 0.326 e. The number of carboxylic acid groups (broad SMARTS) is 1. The molecule has 1 aliphatic rings. The molecule has 1 rings (SSSR count). The zero-order valence-electron chi connectivity index (χ0n) is 18.3. The summed E-state index contributed by atoms with van der Waals surface area (Å²) in [7, 11) is 0. The van der Waals surface area contributed by atoms with Crippen molar-refractivity contribution >= 4 is 23.7 Å². The Morgan fingerprint density at radius 1 is 1.17 bits per heavy atom. The number of nitrogens with two attached hydrogens (primary N) is 1. The average Bonchev–Trinajstić information content (AvgIpc) is 3.18. The van der Waals surface area contributed by atoms with Crippen LogP contribution in [0.1, 0.15) is 53.4 Å². The first-order chi connectivity index (χ1) is 14.0. The molecule has 30 heavy (non-hydrogen) atoms. The second-order valence-electron chi connectivity index (χ2n) is 8.38. The van der Waals surface area contributed by atoms with E-state index in [2.05, 4.69) is 10.6 Å². The Hall–Kier alpha value is -2.20. The van der Waals surface area contributed by atoms with Crippen molar-refractivity contribution < 1.29 is 29.4 Å². The molecular formula is C20H36N4O6. The number of carbonyl (C=O) groups is 4. The minimum absolute atomic E-state index is 0.0665. The fourth-order valence-corrected chi connectivity index (χ4v) is 3.50. The van der Waals surface area contributed by atoms with Crippen molar-refractivity contribution in [1.82, 2.24) is 15.5 Å². The van der Waals surface area contributed by atoms with Crippen LogP contribution in [-0.2, 0) is 19.2 Å². The van der Waals surface area contributed by atoms with Gasteiger partial charge in [0.2, 0.25) is 17.7 Å². The largest absolute Gasteiger partial charge is 0.480 e. The zero-order chi connectivity index (χ0) is 23.0. The third-order valence-corrected chi connectivity index (χ3v) is 5.47. The molecule has 1 heterocycles. The highest BCUT2D eigenvalue weighted by Gasteiger charge is 2.38. The molecule has 1 aliphatic heterocycles. The van der Waals surface area contributed by atoms with Crippen molar-refractivity contribution in [3.8, 4) is 0 Å². The monoisotopic (exact) mass is 428 g/mol. The molecule has 5 unspecified atom stereocenters. The summed E-state index contributed by atoms with van der Waals surface area (Å²) in [5, 5.41) is 23.8. The summed E-state index contributed by atoms with van der Waals surface area (Å²) in [6, 6.07) is -3.85. The lowest BCUT2D eigenvalue weighted by molar-refractivity contribution is -0.144. The molecule has 6 N–H and O–H groups in total. The molecule has 0 aliphatic carbocycles. The number of nitrogens with one attached hydrogen (secondary N) is 2. The van der Waals surface area contributed by atoms with E-state index >= 15 is 0 Å². The normalized spacial score (nSPS) is 20.4. The van der Waals surface area contributed by atoms with Crippen LogP contribution in [0.4, 0.5) is 0 Å². The number of amides is 3. The highest BCUT2D eigenvalue weighted by Crippen LogP contribution is 2.19. The Morgan fingerprint density at radius 3 is 2.30 bits per heavy atom. The van der Waals surface area contributed by atoms with Crippen molar-refractivity contribution in [2.75, 3.05) is 13.2 Å². The first kappa shape index (κ1) is 25.8. The van der Waals surface area contributed by atoms with Gasteiger partial charge in [-0.2, -0.15) is 0 Å². The Bertz CT molecular complexity index is 626. The van der Waals surface area contributed by atoms with Gasteiger partial charge in [-0.15, -0.1) is 0 Å². The minimum Gasteiger partial charge on any atom is -0.480 e. The predicted molar refractivity (Wildman–Crippen MR) is 110 cm³/mol. The first-order valence-electron chi connectivity index (χ1n) is 10.5. The molecule has 1 saturated heterocycles. The minimum atomic E-state index is -1.13. The Kier molecular flexibility index (Phi) is 10.2. The van der Waals surface area contributed by atoms with Gasteiger partial charge in [0.1, 0.15) is 24.2 Å². The summed E-state index contributed by atoms with van der Waals surface area (Å²) in [6.45, 7) is 7.21. The van der Waals surface area contributed by atoms with Crippen LogP contribution in [0.25, 0.3) is 0 Å². The quantitative estimate of drug-likeness (QED) is 0.295. The van der Waals surface area contributed by atoms with Crippen LogP contribution in [0.3, 0.4) is 0 Å². The highest BCUT2D eigenvalue weighted by atomic mass is 16.4. The topological polar surface area (TPSA) is 162 Å². The van der Waals surface area contributed by atoms with Gasteiger partial charge in [-0.3, -0.25) is 14.4 Å². The number of aliphatic hydroxyl groups excluding tert-OH is 1. The number of aliphatic carboxylic acids is 1. The van der Waals surface area contributed by atoms with E-state index < -0.39 is 54.5 Å². The smallest absolute Gasteiger partial charge is 0.326 e. The maximum atomic E-state index is 12.9. The van der Waals surface area contributed by atoms with Gasteiger partial charge in [-0.1, -0.05) is 34.1 Å². The summed E-state index contributed by atoms with van der Waals surface area (Å²) < 4.78 is 0. The lowest BCUT2D eigenvalue weighted by Crippen LogP contribution is -2.58. The SMILES string of the molecule is CCC(C)C(NC(=O)C1CCCN1C(=O)C(N)CO)C(=O)NC(CC(C)C)C(=O)O. The maximum absolute atomic E-state index is 12.9. The number of likely N-dealkylation sites (tertiary alicyclic amines) is 1. The van der Waals surface area contributed by atoms with Gasteiger partial charge in [0.15, 0.2) is 0 Å². The van der Waals surface area contributed by atoms with E-state index in [-0.39, 0.29) is 18.3 Å². The Morgan fingerprint density at radius 2 is 1.80 bits per heavy atom. The molecule has 0 spiro atoms. The first-order valence-corrected chi connectivity index (χ1v) is 10.5. The van der Waals surface area contributed by atoms with E-state index in [0.29, 0.717) is 25.8 Å². The zero-order valence-corrected chi connectivity index (χ0v) is 18.3. The predicted octanol–water partition coefficient (Wildman–Crippen LogP) is -0.557. The van der Waals surface area contributed by atoms with E-state index in [0.717, 1.165) is 0 Å². The number of carboxylic acids is 1. The highest BCUT2D eigenvalue weighted by molar-refractivity contribution is 5.94. The summed E-state index contributed by atoms with van der Waals surface area (Å²) in [6.07, 6.45) is 1.89. The lowest BCUT2D eigenvalue weighted by Gasteiger charge is -2.30. The molecule has 10 nitrogen and oxygen atoms in total. The Labute approximate surface area is 177 Å². The van der Waals surface area contributed by atoms with Gasteiger partial charge in [0.05, 0.1) is 6.61 Å². The summed E-state index contributed by atoms with van der Waals surface area (Å²) in [4.78, 5) is 50.9. The molecule has 5 atom stereocenters. The molecule has 0 saturated carbocycles. The molecule has 0 radical (unpaired) electrons. The van der Waals surface area contributed by atoms with Crippen molar-refractivity contribution in [3.05, 3.63) is 0 Å². The van der Waals surface area contributed by atoms with E-state index in [1.54, 1.807) is 6.92 Å². The fourth-order valence-electron chi connectivity index (χ4n) is 3.50. The third kappa shape index (κ3) is 6.94. The van der Waals surface area contributed by atoms with Crippen LogP contribution in [0, 0.1) is 11.8 Å². The van der Waals surface area contributed by atoms with E-state index in [1.807, 2.05) is 20.8 Å². The van der Waals surface area contributed by atoms with Gasteiger partial charge in [0.25, 0.3) is 0 Å². The van der Waals surface area contributed by atoms with Crippen molar-refractivity contribution in [2.45, 2.75) is 77.5 Å². The number of rotatable bonds is 11. The summed E-state index contributed by atoms with van der Waals surface area (Å²) in [5.74, 6) is -2.86. The van der Waals surface area contributed by atoms with E-state index in [1.165, 1.54) is 4.90 Å². The van der Waals surface area contributed by atoms with Crippen molar-refractivity contribution in [3.63, 3.8) is 0 Å². The second kappa shape index (κ2) is 11.8. The molecule has 0 bridgehead atoms. The van der Waals surface area contributed by atoms with Gasteiger partial charge >= 0.3 is 5.97 Å². The number of nitrogens with zero attached hydrogens (tertiary/aromatic N) is 1. The molecule has 3 amide bonds. The number of aliphatic hydroxyl groups is 1. The molecular weight excluding hydrogens is 392 g/mol. The van der Waals surface area contributed by atoms with Crippen molar-refractivity contribution in [1.29, 1.82) is 0 Å². The van der Waals surface area contributed by atoms with E-state index in [9.17, 15) is 24.3 Å². The molecule has 0 aromatic heterocycles. The van der Waals surface area contributed by atoms with Gasteiger partial charge in [-0.05, 0) is 31.1 Å². The molecule has 1 fully saturated rings. The van der Waals surface area contributed by atoms with Crippen LogP contribution in [0.15, 0.2) is 0 Å². The summed E-state index contributed by atoms with van der Waals surface area (Å²) >= 11 is 0. The molecule has 172 valence electrons.